The minimum Gasteiger partial charge on any atom is -0.382 e. The van der Waals surface area contributed by atoms with Gasteiger partial charge in [-0.3, -0.25) is 4.79 Å². The number of thioether (sulfide) groups is 1. The first kappa shape index (κ1) is 14.1. The summed E-state index contributed by atoms with van der Waals surface area (Å²) in [5, 5.41) is 6.36. The molecule has 0 bridgehead atoms. The Morgan fingerprint density at radius 2 is 2.14 bits per heavy atom. The molecular weight excluding hydrogens is 288 g/mol. The number of nitrogens with zero attached hydrogens (tertiary/aromatic N) is 1. The highest BCUT2D eigenvalue weighted by atomic mass is 32.2. The number of primary amides is 1. The first-order chi connectivity index (χ1) is 10.1. The number of urea groups is 1. The number of amides is 3. The summed E-state index contributed by atoms with van der Waals surface area (Å²) >= 11 is 1.56. The zero-order valence-electron chi connectivity index (χ0n) is 11.6. The van der Waals surface area contributed by atoms with Crippen molar-refractivity contribution in [3.05, 3.63) is 18.2 Å². The topological polar surface area (TPSA) is 87.5 Å². The van der Waals surface area contributed by atoms with Crippen molar-refractivity contribution in [1.29, 1.82) is 0 Å². The van der Waals surface area contributed by atoms with E-state index < -0.39 is 0 Å². The van der Waals surface area contributed by atoms with Crippen LogP contribution in [0.15, 0.2) is 23.1 Å². The fraction of sp³-hybridized carbons (Fsp3) is 0.429. The molecule has 2 aliphatic heterocycles. The lowest BCUT2D eigenvalue weighted by Crippen LogP contribution is -2.44. The predicted molar refractivity (Wildman–Crippen MR) is 83.6 cm³/mol. The average molecular weight is 306 g/mol. The lowest BCUT2D eigenvalue weighted by Gasteiger charge is -2.32. The molecule has 3 rings (SSSR count). The van der Waals surface area contributed by atoms with Crippen molar-refractivity contribution >= 4 is 35.1 Å². The van der Waals surface area contributed by atoms with E-state index >= 15 is 0 Å². The van der Waals surface area contributed by atoms with E-state index in [1.807, 2.05) is 18.2 Å². The summed E-state index contributed by atoms with van der Waals surface area (Å²) in [6, 6.07) is 6.01. The monoisotopic (exact) mass is 306 g/mol. The number of likely N-dealkylation sites (tertiary alicyclic amines) is 1. The van der Waals surface area contributed by atoms with Gasteiger partial charge in [0.05, 0.1) is 11.4 Å². The Balaban J connectivity index is 1.62. The van der Waals surface area contributed by atoms with E-state index in [4.69, 9.17) is 5.73 Å². The molecule has 21 heavy (non-hydrogen) atoms. The number of nitrogens with two attached hydrogens (primary N) is 1. The first-order valence-corrected chi connectivity index (χ1v) is 7.98. The summed E-state index contributed by atoms with van der Waals surface area (Å²) in [4.78, 5) is 25.3. The smallest absolute Gasteiger partial charge is 0.314 e. The molecule has 0 saturated carbocycles. The van der Waals surface area contributed by atoms with Crippen molar-refractivity contribution in [2.24, 2.45) is 5.73 Å². The van der Waals surface area contributed by atoms with Crippen LogP contribution >= 0.6 is 11.8 Å². The second kappa shape index (κ2) is 5.85. The van der Waals surface area contributed by atoms with Crippen molar-refractivity contribution in [2.45, 2.75) is 23.8 Å². The number of piperidine rings is 1. The van der Waals surface area contributed by atoms with Crippen LogP contribution in [-0.2, 0) is 4.79 Å². The molecule has 0 unspecified atom stereocenters. The maximum Gasteiger partial charge on any atom is 0.314 e. The van der Waals surface area contributed by atoms with Crippen LogP contribution in [-0.4, -0.2) is 41.7 Å². The van der Waals surface area contributed by atoms with Crippen molar-refractivity contribution in [2.75, 3.05) is 29.5 Å². The van der Waals surface area contributed by atoms with Gasteiger partial charge in [-0.2, -0.15) is 0 Å². The van der Waals surface area contributed by atoms with E-state index in [1.165, 1.54) is 0 Å². The van der Waals surface area contributed by atoms with Crippen LogP contribution in [0.4, 0.5) is 16.2 Å². The molecule has 0 spiro atoms. The molecule has 3 amide bonds. The quantitative estimate of drug-likeness (QED) is 0.776. The molecule has 6 nitrogen and oxygen atoms in total. The van der Waals surface area contributed by atoms with Crippen LogP contribution in [0.1, 0.15) is 12.8 Å². The maximum atomic E-state index is 11.4. The van der Waals surface area contributed by atoms with Crippen LogP contribution in [0.2, 0.25) is 0 Å². The second-order valence-electron chi connectivity index (χ2n) is 5.29. The molecule has 0 aliphatic carbocycles. The van der Waals surface area contributed by atoms with Crippen LogP contribution < -0.4 is 16.4 Å². The van der Waals surface area contributed by atoms with E-state index in [-0.39, 0.29) is 11.9 Å². The first-order valence-electron chi connectivity index (χ1n) is 6.99. The molecule has 1 fully saturated rings. The highest BCUT2D eigenvalue weighted by Gasteiger charge is 2.21. The van der Waals surface area contributed by atoms with Gasteiger partial charge in [-0.1, -0.05) is 0 Å². The van der Waals surface area contributed by atoms with Gasteiger partial charge in [0.25, 0.3) is 0 Å². The maximum absolute atomic E-state index is 11.4. The zero-order valence-corrected chi connectivity index (χ0v) is 12.4. The van der Waals surface area contributed by atoms with Crippen LogP contribution in [0.25, 0.3) is 0 Å². The van der Waals surface area contributed by atoms with E-state index in [0.29, 0.717) is 24.9 Å². The summed E-state index contributed by atoms with van der Waals surface area (Å²) in [5.41, 5.74) is 7.14. The largest absolute Gasteiger partial charge is 0.382 e. The Morgan fingerprint density at radius 1 is 1.38 bits per heavy atom. The number of benzene rings is 1. The number of anilines is 2. The van der Waals surface area contributed by atoms with Crippen LogP contribution in [0, 0.1) is 0 Å². The van der Waals surface area contributed by atoms with Crippen LogP contribution in [0.3, 0.4) is 0 Å². The fourth-order valence-electron chi connectivity index (χ4n) is 2.65. The Bertz CT molecular complexity index is 570. The third kappa shape index (κ3) is 3.24. The fourth-order valence-corrected chi connectivity index (χ4v) is 3.44. The summed E-state index contributed by atoms with van der Waals surface area (Å²) in [6.45, 7) is 1.37. The molecule has 7 heteroatoms. The molecule has 0 aromatic heterocycles. The van der Waals surface area contributed by atoms with Gasteiger partial charge < -0.3 is 21.3 Å². The number of nitrogens with one attached hydrogen (secondary N) is 2. The Labute approximate surface area is 127 Å². The predicted octanol–water partition coefficient (Wildman–Crippen LogP) is 1.69. The minimum atomic E-state index is -0.345. The number of carbonyl (C=O) groups is 2. The molecule has 1 saturated heterocycles. The summed E-state index contributed by atoms with van der Waals surface area (Å²) < 4.78 is 0. The Hall–Kier alpha value is -1.89. The van der Waals surface area contributed by atoms with Crippen LogP contribution in [0.5, 0.6) is 0 Å². The molecule has 0 atom stereocenters. The molecule has 2 aliphatic rings. The Kier molecular flexibility index (Phi) is 3.92. The lowest BCUT2D eigenvalue weighted by atomic mass is 10.0. The third-order valence-corrected chi connectivity index (χ3v) is 4.86. The molecule has 2 heterocycles. The summed E-state index contributed by atoms with van der Waals surface area (Å²) in [6.07, 6.45) is 1.75. The normalized spacial score (nSPS) is 18.9. The summed E-state index contributed by atoms with van der Waals surface area (Å²) in [5.74, 6) is 0.519. The van der Waals surface area contributed by atoms with E-state index in [1.54, 1.807) is 16.7 Å². The van der Waals surface area contributed by atoms with Gasteiger partial charge >= 0.3 is 6.03 Å². The number of fused-ring (bicyclic) bond motifs is 1. The van der Waals surface area contributed by atoms with E-state index in [9.17, 15) is 9.59 Å². The number of carbonyl (C=O) groups excluding carboxylic acids is 2. The molecule has 4 N–H and O–H groups in total. The van der Waals surface area contributed by atoms with Gasteiger partial charge in [-0.25, -0.2) is 4.79 Å². The molecule has 0 radical (unpaired) electrons. The Morgan fingerprint density at radius 3 is 2.86 bits per heavy atom. The number of hydrogen-bond acceptors (Lipinski definition) is 4. The van der Waals surface area contributed by atoms with Gasteiger partial charge in [0.15, 0.2) is 0 Å². The lowest BCUT2D eigenvalue weighted by molar-refractivity contribution is -0.113. The molecular formula is C14H18N4O2S. The molecule has 112 valence electrons. The van der Waals surface area contributed by atoms with E-state index in [0.717, 1.165) is 29.1 Å². The SMILES string of the molecule is NC(=O)N1CCC(Nc2ccc3c(c2)NC(=O)CS3)CC1. The van der Waals surface area contributed by atoms with E-state index in [2.05, 4.69) is 10.6 Å². The zero-order chi connectivity index (χ0) is 14.8. The van der Waals surface area contributed by atoms with Gasteiger partial charge in [-0.15, -0.1) is 11.8 Å². The summed E-state index contributed by atoms with van der Waals surface area (Å²) in [7, 11) is 0. The highest BCUT2D eigenvalue weighted by Crippen LogP contribution is 2.33. The second-order valence-corrected chi connectivity index (χ2v) is 6.31. The van der Waals surface area contributed by atoms with Crippen molar-refractivity contribution in [1.82, 2.24) is 4.90 Å². The van der Waals surface area contributed by atoms with Gasteiger partial charge in [0, 0.05) is 29.7 Å². The third-order valence-electron chi connectivity index (χ3n) is 3.79. The highest BCUT2D eigenvalue weighted by molar-refractivity contribution is 8.00. The van der Waals surface area contributed by atoms with Gasteiger partial charge in [-0.05, 0) is 31.0 Å². The van der Waals surface area contributed by atoms with Gasteiger partial charge in [0.2, 0.25) is 5.91 Å². The molecule has 1 aromatic carbocycles. The standard InChI is InChI=1S/C14H18N4O2S/c15-14(20)18-5-3-9(4-6-18)16-10-1-2-12-11(7-10)17-13(19)8-21-12/h1-2,7,9,16H,3-6,8H2,(H2,15,20)(H,17,19). The molecule has 1 aromatic rings. The van der Waals surface area contributed by atoms with Crippen molar-refractivity contribution in [3.63, 3.8) is 0 Å². The average Bonchev–Trinajstić information content (AvgIpc) is 2.47. The van der Waals surface area contributed by atoms with Crippen molar-refractivity contribution in [3.8, 4) is 0 Å². The minimum absolute atomic E-state index is 0.0411. The van der Waals surface area contributed by atoms with Gasteiger partial charge in [0.1, 0.15) is 0 Å². The van der Waals surface area contributed by atoms with Crippen molar-refractivity contribution < 1.29 is 9.59 Å². The number of rotatable bonds is 2. The number of hydrogen-bond donors (Lipinski definition) is 3.